The molecule has 7 nitrogen and oxygen atoms in total. The van der Waals surface area contributed by atoms with Crippen LogP contribution in [0.15, 0.2) is 51.8 Å². The van der Waals surface area contributed by atoms with E-state index in [1.807, 2.05) is 0 Å². The summed E-state index contributed by atoms with van der Waals surface area (Å²) in [7, 11) is 0.668. The third kappa shape index (κ3) is 5.21. The largest absolute Gasteiger partial charge is 0.495 e. The van der Waals surface area contributed by atoms with E-state index in [4.69, 9.17) is 9.47 Å². The zero-order valence-corrected chi connectivity index (χ0v) is 17.8. The number of amides is 1. The highest BCUT2D eigenvalue weighted by Gasteiger charge is 2.21. The highest BCUT2D eigenvalue weighted by atomic mass is 79.9. The number of hydrogen-bond acceptors (Lipinski definition) is 5. The Morgan fingerprint density at radius 2 is 1.78 bits per heavy atom. The summed E-state index contributed by atoms with van der Waals surface area (Å²) in [5.41, 5.74) is 0.247. The van der Waals surface area contributed by atoms with E-state index in [2.05, 4.69) is 21.2 Å². The van der Waals surface area contributed by atoms with Crippen molar-refractivity contribution in [3.63, 3.8) is 0 Å². The van der Waals surface area contributed by atoms with E-state index in [1.54, 1.807) is 31.2 Å². The number of nitrogens with one attached hydrogen (secondary N) is 1. The van der Waals surface area contributed by atoms with Crippen molar-refractivity contribution in [1.29, 1.82) is 0 Å². The Labute approximate surface area is 167 Å². The van der Waals surface area contributed by atoms with Crippen molar-refractivity contribution in [3.8, 4) is 11.5 Å². The van der Waals surface area contributed by atoms with Gasteiger partial charge >= 0.3 is 0 Å². The van der Waals surface area contributed by atoms with Gasteiger partial charge < -0.3 is 14.8 Å². The number of benzene rings is 2. The summed E-state index contributed by atoms with van der Waals surface area (Å²) in [6.45, 7) is 1.60. The Morgan fingerprint density at radius 1 is 1.15 bits per heavy atom. The molecule has 0 saturated heterocycles. The second kappa shape index (κ2) is 8.73. The SMILES string of the molecule is COc1ccc(S(=O)(=O)N(C)C)cc1NC(=O)C(C)Oc1ccc(Br)cc1. The monoisotopic (exact) mass is 456 g/mol. The van der Waals surface area contributed by atoms with E-state index in [-0.39, 0.29) is 10.6 Å². The van der Waals surface area contributed by atoms with E-state index in [0.29, 0.717) is 11.5 Å². The molecule has 0 bridgehead atoms. The first-order chi connectivity index (χ1) is 12.6. The van der Waals surface area contributed by atoms with Gasteiger partial charge in [0.1, 0.15) is 11.5 Å². The molecule has 27 heavy (non-hydrogen) atoms. The fourth-order valence-electron chi connectivity index (χ4n) is 2.16. The molecule has 9 heteroatoms. The van der Waals surface area contributed by atoms with E-state index >= 15 is 0 Å². The van der Waals surface area contributed by atoms with Crippen molar-refractivity contribution in [1.82, 2.24) is 4.31 Å². The van der Waals surface area contributed by atoms with Gasteiger partial charge in [0.2, 0.25) is 10.0 Å². The van der Waals surface area contributed by atoms with Gasteiger partial charge in [-0.25, -0.2) is 12.7 Å². The third-order valence-corrected chi connectivity index (χ3v) is 6.04. The Bertz CT molecular complexity index is 914. The third-order valence-electron chi connectivity index (χ3n) is 3.70. The highest BCUT2D eigenvalue weighted by Crippen LogP contribution is 2.29. The van der Waals surface area contributed by atoms with E-state index in [0.717, 1.165) is 8.78 Å². The molecule has 2 aromatic rings. The molecule has 0 saturated carbocycles. The zero-order valence-electron chi connectivity index (χ0n) is 15.4. The molecule has 1 atom stereocenters. The van der Waals surface area contributed by atoms with Gasteiger partial charge in [-0.2, -0.15) is 0 Å². The summed E-state index contributed by atoms with van der Waals surface area (Å²) >= 11 is 3.33. The van der Waals surface area contributed by atoms with Crippen LogP contribution in [0.4, 0.5) is 5.69 Å². The maximum atomic E-state index is 12.5. The number of nitrogens with zero attached hydrogens (tertiary/aromatic N) is 1. The molecule has 1 N–H and O–H groups in total. The minimum Gasteiger partial charge on any atom is -0.495 e. The van der Waals surface area contributed by atoms with Gasteiger partial charge in [0.25, 0.3) is 5.91 Å². The van der Waals surface area contributed by atoms with Crippen molar-refractivity contribution in [2.24, 2.45) is 0 Å². The molecule has 0 aromatic heterocycles. The lowest BCUT2D eigenvalue weighted by molar-refractivity contribution is -0.122. The van der Waals surface area contributed by atoms with Gasteiger partial charge in [0.15, 0.2) is 6.10 Å². The topological polar surface area (TPSA) is 84.9 Å². The Balaban J connectivity index is 2.21. The highest BCUT2D eigenvalue weighted by molar-refractivity contribution is 9.10. The number of sulfonamides is 1. The number of carbonyl (C=O) groups excluding carboxylic acids is 1. The molecule has 1 amide bonds. The number of hydrogen-bond donors (Lipinski definition) is 1. The standard InChI is InChI=1S/C18H21BrN2O5S/c1-12(26-14-7-5-13(19)6-8-14)18(22)20-16-11-15(9-10-17(16)25-4)27(23,24)21(2)3/h5-12H,1-4H3,(H,20,22). The van der Waals surface area contributed by atoms with Gasteiger partial charge in [-0.15, -0.1) is 0 Å². The fourth-order valence-corrected chi connectivity index (χ4v) is 3.35. The molecule has 0 fully saturated rings. The fraction of sp³-hybridized carbons (Fsp3) is 0.278. The van der Waals surface area contributed by atoms with Crippen molar-refractivity contribution in [2.45, 2.75) is 17.9 Å². The summed E-state index contributed by atoms with van der Waals surface area (Å²) in [4.78, 5) is 12.5. The zero-order chi connectivity index (χ0) is 20.2. The van der Waals surface area contributed by atoms with Gasteiger partial charge in [-0.3, -0.25) is 4.79 Å². The minimum absolute atomic E-state index is 0.0464. The smallest absolute Gasteiger partial charge is 0.265 e. The molecule has 0 aliphatic carbocycles. The van der Waals surface area contributed by atoms with Crippen LogP contribution in [-0.4, -0.2) is 45.9 Å². The van der Waals surface area contributed by atoms with Crippen LogP contribution in [0.3, 0.4) is 0 Å². The molecule has 2 aromatic carbocycles. The summed E-state index contributed by atoms with van der Waals surface area (Å²) in [5, 5.41) is 2.66. The number of ether oxygens (including phenoxy) is 2. The van der Waals surface area contributed by atoms with Gasteiger partial charge in [0.05, 0.1) is 17.7 Å². The van der Waals surface area contributed by atoms with Crippen LogP contribution < -0.4 is 14.8 Å². The molecule has 0 aliphatic rings. The predicted octanol–water partition coefficient (Wildman–Crippen LogP) is 3.11. The van der Waals surface area contributed by atoms with Crippen molar-refractivity contribution >= 4 is 37.5 Å². The van der Waals surface area contributed by atoms with Crippen LogP contribution in [0.1, 0.15) is 6.92 Å². The maximum Gasteiger partial charge on any atom is 0.265 e. The molecule has 1 unspecified atom stereocenters. The van der Waals surface area contributed by atoms with E-state index in [9.17, 15) is 13.2 Å². The number of halogens is 1. The summed E-state index contributed by atoms with van der Waals surface area (Å²) in [5.74, 6) is 0.448. The lowest BCUT2D eigenvalue weighted by Crippen LogP contribution is -2.30. The molecule has 0 spiro atoms. The van der Waals surface area contributed by atoms with Crippen LogP contribution in [-0.2, 0) is 14.8 Å². The van der Waals surface area contributed by atoms with Gasteiger partial charge in [0, 0.05) is 18.6 Å². The number of carbonyl (C=O) groups is 1. The number of rotatable bonds is 7. The Kier molecular flexibility index (Phi) is 6.85. The summed E-state index contributed by atoms with van der Waals surface area (Å²) < 4.78 is 37.5. The lowest BCUT2D eigenvalue weighted by Gasteiger charge is -2.18. The summed E-state index contributed by atoms with van der Waals surface area (Å²) in [6.07, 6.45) is -0.801. The molecular weight excluding hydrogens is 436 g/mol. The van der Waals surface area contributed by atoms with Crippen LogP contribution in [0.5, 0.6) is 11.5 Å². The Morgan fingerprint density at radius 3 is 2.33 bits per heavy atom. The van der Waals surface area contributed by atoms with Crippen LogP contribution >= 0.6 is 15.9 Å². The molecule has 0 heterocycles. The van der Waals surface area contributed by atoms with Crippen LogP contribution in [0, 0.1) is 0 Å². The molecule has 0 aliphatic heterocycles. The normalized spacial score (nSPS) is 12.5. The van der Waals surface area contributed by atoms with E-state index in [1.165, 1.54) is 39.4 Å². The van der Waals surface area contributed by atoms with Crippen LogP contribution in [0.2, 0.25) is 0 Å². The average molecular weight is 457 g/mol. The van der Waals surface area contributed by atoms with Crippen LogP contribution in [0.25, 0.3) is 0 Å². The lowest BCUT2D eigenvalue weighted by atomic mass is 10.2. The molecule has 2 rings (SSSR count). The van der Waals surface area contributed by atoms with E-state index < -0.39 is 22.0 Å². The average Bonchev–Trinajstić information content (AvgIpc) is 2.63. The van der Waals surface area contributed by atoms with Crippen molar-refractivity contribution in [3.05, 3.63) is 46.9 Å². The first kappa shape index (κ1) is 21.2. The Hall–Kier alpha value is -2.10. The predicted molar refractivity (Wildman–Crippen MR) is 107 cm³/mol. The minimum atomic E-state index is -3.64. The number of methoxy groups -OCH3 is 1. The quantitative estimate of drug-likeness (QED) is 0.691. The van der Waals surface area contributed by atoms with Crippen molar-refractivity contribution < 1.29 is 22.7 Å². The molecular formula is C18H21BrN2O5S. The second-order valence-electron chi connectivity index (χ2n) is 5.85. The first-order valence-electron chi connectivity index (χ1n) is 7.99. The van der Waals surface area contributed by atoms with Gasteiger partial charge in [-0.05, 0) is 49.4 Å². The first-order valence-corrected chi connectivity index (χ1v) is 10.2. The molecule has 146 valence electrons. The maximum absolute atomic E-state index is 12.5. The summed E-state index contributed by atoms with van der Waals surface area (Å²) in [6, 6.07) is 11.4. The molecule has 0 radical (unpaired) electrons. The van der Waals surface area contributed by atoms with Crippen molar-refractivity contribution in [2.75, 3.05) is 26.5 Å². The van der Waals surface area contributed by atoms with Gasteiger partial charge in [-0.1, -0.05) is 15.9 Å². The second-order valence-corrected chi connectivity index (χ2v) is 8.92. The number of anilines is 1.